The molecule has 0 unspecified atom stereocenters. The van der Waals surface area contributed by atoms with E-state index in [9.17, 15) is 0 Å². The molecule has 0 saturated carbocycles. The number of hydrogen-bond acceptors (Lipinski definition) is 0. The monoisotopic (exact) mass is 162 g/mol. The molecule has 2 aromatic rings. The molecular weight excluding hydrogens is 151 g/mol. The Labute approximate surface area is 71.2 Å². The molecule has 0 amide bonds. The van der Waals surface area contributed by atoms with Gasteiger partial charge in [-0.3, -0.25) is 4.70 Å². The number of fused-ring (bicyclic) bond motifs is 1. The molecule has 2 rings (SSSR count). The fourth-order valence-electron chi connectivity index (χ4n) is 1.39. The molecule has 0 saturated heterocycles. The van der Waals surface area contributed by atoms with Crippen molar-refractivity contribution in [3.63, 3.8) is 0 Å². The highest BCUT2D eigenvalue weighted by atomic mass is 19.0. The summed E-state index contributed by atoms with van der Waals surface area (Å²) in [5.74, 6) is 0. The van der Waals surface area contributed by atoms with Crippen LogP contribution in [0.15, 0.2) is 42.5 Å². The first-order chi connectivity index (χ1) is 5.38. The SMILES string of the molecule is Cc1cccc2ccccc12.F. The van der Waals surface area contributed by atoms with E-state index in [4.69, 9.17) is 0 Å². The minimum atomic E-state index is 0. The van der Waals surface area contributed by atoms with Gasteiger partial charge in [-0.1, -0.05) is 42.5 Å². The van der Waals surface area contributed by atoms with Crippen molar-refractivity contribution in [2.24, 2.45) is 0 Å². The smallest absolute Gasteiger partial charge is 0.0155 e. The van der Waals surface area contributed by atoms with Crippen molar-refractivity contribution in [2.75, 3.05) is 0 Å². The Morgan fingerprint density at radius 1 is 0.833 bits per heavy atom. The maximum atomic E-state index is 2.16. The van der Waals surface area contributed by atoms with Crippen LogP contribution in [0.1, 0.15) is 5.56 Å². The van der Waals surface area contributed by atoms with Gasteiger partial charge in [-0.2, -0.15) is 0 Å². The van der Waals surface area contributed by atoms with Gasteiger partial charge >= 0.3 is 0 Å². The van der Waals surface area contributed by atoms with E-state index in [1.807, 2.05) is 0 Å². The molecular formula is C11H11F. The van der Waals surface area contributed by atoms with Crippen molar-refractivity contribution in [3.8, 4) is 0 Å². The van der Waals surface area contributed by atoms with Gasteiger partial charge in [0.1, 0.15) is 0 Å². The Bertz CT molecular complexity index is 374. The van der Waals surface area contributed by atoms with Gasteiger partial charge in [0.05, 0.1) is 0 Å². The van der Waals surface area contributed by atoms with Gasteiger partial charge in [0.15, 0.2) is 0 Å². The molecule has 0 aromatic heterocycles. The molecule has 0 spiro atoms. The molecule has 0 heterocycles. The molecule has 0 N–H and O–H groups in total. The van der Waals surface area contributed by atoms with Crippen LogP contribution in [0.5, 0.6) is 0 Å². The Hall–Kier alpha value is -1.37. The Balaban J connectivity index is 0.000000720. The second-order valence-electron chi connectivity index (χ2n) is 2.80. The van der Waals surface area contributed by atoms with Crippen molar-refractivity contribution in [1.82, 2.24) is 0 Å². The summed E-state index contributed by atoms with van der Waals surface area (Å²) in [4.78, 5) is 0. The van der Waals surface area contributed by atoms with Gasteiger partial charge in [-0.25, -0.2) is 0 Å². The summed E-state index contributed by atoms with van der Waals surface area (Å²) >= 11 is 0. The van der Waals surface area contributed by atoms with Crippen LogP contribution in [0.4, 0.5) is 4.70 Å². The zero-order valence-electron chi connectivity index (χ0n) is 6.95. The molecule has 0 nitrogen and oxygen atoms in total. The highest BCUT2D eigenvalue weighted by Gasteiger charge is 1.91. The maximum Gasteiger partial charge on any atom is -0.0155 e. The third-order valence-corrected chi connectivity index (χ3v) is 2.01. The first-order valence-corrected chi connectivity index (χ1v) is 3.82. The number of benzene rings is 2. The van der Waals surface area contributed by atoms with Crippen LogP contribution in [-0.4, -0.2) is 0 Å². The summed E-state index contributed by atoms with van der Waals surface area (Å²) in [6.07, 6.45) is 0. The van der Waals surface area contributed by atoms with Crippen molar-refractivity contribution in [1.29, 1.82) is 0 Å². The first kappa shape index (κ1) is 8.72. The number of aryl methyl sites for hydroxylation is 1. The molecule has 0 aliphatic carbocycles. The molecule has 2 aromatic carbocycles. The molecule has 0 aliphatic heterocycles. The molecule has 0 atom stereocenters. The molecule has 0 aliphatic rings. The Morgan fingerprint density at radius 2 is 1.50 bits per heavy atom. The van der Waals surface area contributed by atoms with Crippen LogP contribution < -0.4 is 0 Å². The normalized spacial score (nSPS) is 9.42. The number of rotatable bonds is 0. The van der Waals surface area contributed by atoms with E-state index in [1.165, 1.54) is 16.3 Å². The lowest BCUT2D eigenvalue weighted by molar-refractivity contribution is 1.11. The number of halogens is 1. The quantitative estimate of drug-likeness (QED) is 0.557. The topological polar surface area (TPSA) is 0 Å². The predicted octanol–water partition coefficient (Wildman–Crippen LogP) is 3.30. The zero-order valence-corrected chi connectivity index (χ0v) is 6.95. The Morgan fingerprint density at radius 3 is 2.25 bits per heavy atom. The average Bonchev–Trinajstić information content (AvgIpc) is 2.06. The lowest BCUT2D eigenvalue weighted by Gasteiger charge is -1.98. The summed E-state index contributed by atoms with van der Waals surface area (Å²) in [6.45, 7) is 2.14. The van der Waals surface area contributed by atoms with Crippen LogP contribution >= 0.6 is 0 Å². The van der Waals surface area contributed by atoms with Gasteiger partial charge in [0, 0.05) is 0 Å². The average molecular weight is 162 g/mol. The van der Waals surface area contributed by atoms with Gasteiger partial charge in [-0.15, -0.1) is 0 Å². The second-order valence-corrected chi connectivity index (χ2v) is 2.80. The summed E-state index contributed by atoms with van der Waals surface area (Å²) in [5, 5.41) is 2.68. The van der Waals surface area contributed by atoms with E-state index < -0.39 is 0 Å². The lowest BCUT2D eigenvalue weighted by Crippen LogP contribution is -1.75. The summed E-state index contributed by atoms with van der Waals surface area (Å²) in [5.41, 5.74) is 1.35. The maximum absolute atomic E-state index is 2.16. The van der Waals surface area contributed by atoms with Crippen molar-refractivity contribution >= 4 is 10.8 Å². The second kappa shape index (κ2) is 3.35. The fraction of sp³-hybridized carbons (Fsp3) is 0.0909. The first-order valence-electron chi connectivity index (χ1n) is 3.82. The minimum Gasteiger partial charge on any atom is -0.269 e. The summed E-state index contributed by atoms with van der Waals surface area (Å²) in [7, 11) is 0. The highest BCUT2D eigenvalue weighted by molar-refractivity contribution is 5.85. The van der Waals surface area contributed by atoms with E-state index in [0.717, 1.165) is 0 Å². The number of hydrogen-bond donors (Lipinski definition) is 0. The zero-order chi connectivity index (χ0) is 7.68. The Kier molecular flexibility index (Phi) is 2.44. The van der Waals surface area contributed by atoms with Crippen LogP contribution in [0, 0.1) is 6.92 Å². The molecule has 0 radical (unpaired) electrons. The van der Waals surface area contributed by atoms with Crippen molar-refractivity contribution < 1.29 is 4.70 Å². The van der Waals surface area contributed by atoms with E-state index in [2.05, 4.69) is 49.4 Å². The highest BCUT2D eigenvalue weighted by Crippen LogP contribution is 2.16. The van der Waals surface area contributed by atoms with Crippen LogP contribution in [0.25, 0.3) is 10.8 Å². The minimum absolute atomic E-state index is 0. The molecule has 12 heavy (non-hydrogen) atoms. The van der Waals surface area contributed by atoms with Crippen molar-refractivity contribution in [2.45, 2.75) is 6.92 Å². The van der Waals surface area contributed by atoms with E-state index in [-0.39, 0.29) is 4.70 Å². The predicted molar refractivity (Wildman–Crippen MR) is 51.2 cm³/mol. The van der Waals surface area contributed by atoms with Gasteiger partial charge < -0.3 is 0 Å². The van der Waals surface area contributed by atoms with Crippen LogP contribution in [-0.2, 0) is 0 Å². The third kappa shape index (κ3) is 1.30. The molecule has 62 valence electrons. The van der Waals surface area contributed by atoms with E-state index in [0.29, 0.717) is 0 Å². The van der Waals surface area contributed by atoms with Crippen LogP contribution in [0.2, 0.25) is 0 Å². The molecule has 0 fully saturated rings. The standard InChI is InChI=1S/C11H10.FH/c1-9-5-4-7-10-6-2-3-8-11(9)10;/h2-8H,1H3;1H. The fourth-order valence-corrected chi connectivity index (χ4v) is 1.39. The summed E-state index contributed by atoms with van der Waals surface area (Å²) in [6, 6.07) is 14.8. The third-order valence-electron chi connectivity index (χ3n) is 2.01. The summed E-state index contributed by atoms with van der Waals surface area (Å²) < 4.78 is 0. The van der Waals surface area contributed by atoms with Crippen molar-refractivity contribution in [3.05, 3.63) is 48.0 Å². The lowest BCUT2D eigenvalue weighted by atomic mass is 10.1. The van der Waals surface area contributed by atoms with E-state index >= 15 is 0 Å². The molecule has 0 bridgehead atoms. The van der Waals surface area contributed by atoms with Gasteiger partial charge in [0.25, 0.3) is 0 Å². The van der Waals surface area contributed by atoms with E-state index in [1.54, 1.807) is 0 Å². The molecule has 1 heteroatoms. The van der Waals surface area contributed by atoms with Gasteiger partial charge in [-0.05, 0) is 23.3 Å². The van der Waals surface area contributed by atoms with Crippen LogP contribution in [0.3, 0.4) is 0 Å². The van der Waals surface area contributed by atoms with Gasteiger partial charge in [0.2, 0.25) is 0 Å². The largest absolute Gasteiger partial charge is 0.269 e.